The molecule has 0 rings (SSSR count). The molecular formula is C28H55N3O4. The Kier molecular flexibility index (Phi) is 15.6. The van der Waals surface area contributed by atoms with Gasteiger partial charge in [0.1, 0.15) is 11.8 Å². The van der Waals surface area contributed by atoms with Crippen LogP contribution in [0.4, 0.5) is 0 Å². The Morgan fingerprint density at radius 3 is 1.91 bits per heavy atom. The molecule has 0 aliphatic heterocycles. The maximum Gasteiger partial charge on any atom is 0.245 e. The Hall–Kier alpha value is -1.47. The van der Waals surface area contributed by atoms with Gasteiger partial charge in [-0.1, -0.05) is 68.2 Å². The highest BCUT2D eigenvalue weighted by Gasteiger charge is 2.38. The fourth-order valence-electron chi connectivity index (χ4n) is 5.19. The molecule has 0 aromatic carbocycles. The Bertz CT molecular complexity index is 652. The molecule has 0 aromatic rings. The topological polar surface area (TPSA) is 79.0 Å². The molecule has 0 radical (unpaired) electrons. The van der Waals surface area contributed by atoms with Gasteiger partial charge in [0.15, 0.2) is 0 Å². The van der Waals surface area contributed by atoms with E-state index >= 15 is 0 Å². The van der Waals surface area contributed by atoms with E-state index in [1.165, 1.54) is 0 Å². The molecule has 0 aromatic heterocycles. The summed E-state index contributed by atoms with van der Waals surface area (Å²) in [7, 11) is 5.36. The summed E-state index contributed by atoms with van der Waals surface area (Å²) in [5.74, 6) is 0.420. The van der Waals surface area contributed by atoms with Gasteiger partial charge in [-0.3, -0.25) is 19.3 Å². The van der Waals surface area contributed by atoms with Gasteiger partial charge < -0.3 is 15.0 Å². The number of rotatable bonds is 17. The summed E-state index contributed by atoms with van der Waals surface area (Å²) < 4.78 is 5.69. The van der Waals surface area contributed by atoms with Crippen LogP contribution in [0, 0.1) is 23.7 Å². The first-order chi connectivity index (χ1) is 16.2. The third-order valence-corrected chi connectivity index (χ3v) is 7.18. The second-order valence-corrected chi connectivity index (χ2v) is 11.3. The summed E-state index contributed by atoms with van der Waals surface area (Å²) in [5.41, 5.74) is 0. The number of hydrogen-bond acceptors (Lipinski definition) is 5. The summed E-state index contributed by atoms with van der Waals surface area (Å²) in [6.45, 7) is 18.9. The molecule has 0 spiro atoms. The predicted molar refractivity (Wildman–Crippen MR) is 144 cm³/mol. The highest BCUT2D eigenvalue weighted by Crippen LogP contribution is 2.24. The second kappa shape index (κ2) is 16.3. The summed E-state index contributed by atoms with van der Waals surface area (Å²) in [6, 6.07) is -1.24. The third kappa shape index (κ3) is 10.6. The number of carbonyl (C=O) groups is 3. The molecule has 7 heteroatoms. The number of nitrogens with zero attached hydrogens (tertiary/aromatic N) is 2. The lowest BCUT2D eigenvalue weighted by molar-refractivity contribution is -0.144. The molecule has 0 fully saturated rings. The van der Waals surface area contributed by atoms with Crippen molar-refractivity contribution in [1.29, 1.82) is 0 Å². The molecule has 0 heterocycles. The maximum absolute atomic E-state index is 13.8. The minimum atomic E-state index is -0.656. The number of ether oxygens (including phenoxy) is 1. The van der Waals surface area contributed by atoms with Gasteiger partial charge in [-0.05, 0) is 44.1 Å². The van der Waals surface area contributed by atoms with E-state index in [2.05, 4.69) is 37.9 Å². The first-order valence-electron chi connectivity index (χ1n) is 13.5. The zero-order valence-corrected chi connectivity index (χ0v) is 24.7. The van der Waals surface area contributed by atoms with E-state index < -0.39 is 12.1 Å². The number of likely N-dealkylation sites (N-methyl/N-ethyl adjacent to an activating group) is 2. The Balaban J connectivity index is 5.86. The standard InChI is InChI=1S/C28H55N3O4/c1-13-15-20(7)17-30(10)25(19(5)6)27(33)29-24(18(3)4)28(34)31(11)26(21(8)14-2)23(35-12)16-22(9)32/h18-21,23-26H,13-17H2,1-12H3,(H,29,33)/t20?,21-,23+,24-,25-,26-/m0/s1. The molecule has 0 aliphatic rings. The first kappa shape index (κ1) is 33.5. The van der Waals surface area contributed by atoms with Crippen molar-refractivity contribution in [3.63, 3.8) is 0 Å². The smallest absolute Gasteiger partial charge is 0.245 e. The lowest BCUT2D eigenvalue weighted by Gasteiger charge is -2.40. The lowest BCUT2D eigenvalue weighted by atomic mass is 9.89. The quantitative estimate of drug-likeness (QED) is 0.322. The van der Waals surface area contributed by atoms with Gasteiger partial charge in [0.2, 0.25) is 11.8 Å². The van der Waals surface area contributed by atoms with Crippen LogP contribution in [0.15, 0.2) is 0 Å². The largest absolute Gasteiger partial charge is 0.379 e. The molecule has 7 nitrogen and oxygen atoms in total. The van der Waals surface area contributed by atoms with Gasteiger partial charge in [0, 0.05) is 27.1 Å². The Labute approximate surface area is 215 Å². The molecule has 6 atom stereocenters. The first-order valence-corrected chi connectivity index (χ1v) is 13.5. The van der Waals surface area contributed by atoms with E-state index in [9.17, 15) is 14.4 Å². The van der Waals surface area contributed by atoms with Gasteiger partial charge in [0.05, 0.1) is 18.2 Å². The highest BCUT2D eigenvalue weighted by atomic mass is 16.5. The van der Waals surface area contributed by atoms with Crippen molar-refractivity contribution < 1.29 is 19.1 Å². The van der Waals surface area contributed by atoms with E-state index in [-0.39, 0.29) is 53.9 Å². The molecule has 2 amide bonds. The van der Waals surface area contributed by atoms with Crippen molar-refractivity contribution in [2.75, 3.05) is 27.7 Å². The summed E-state index contributed by atoms with van der Waals surface area (Å²) in [5, 5.41) is 3.09. The molecule has 0 aliphatic carbocycles. The monoisotopic (exact) mass is 497 g/mol. The van der Waals surface area contributed by atoms with Crippen molar-refractivity contribution in [3.8, 4) is 0 Å². The number of methoxy groups -OCH3 is 1. The van der Waals surface area contributed by atoms with Crippen LogP contribution >= 0.6 is 0 Å². The van der Waals surface area contributed by atoms with Crippen LogP contribution in [-0.2, 0) is 19.1 Å². The van der Waals surface area contributed by atoms with Crippen LogP contribution in [0.2, 0.25) is 0 Å². The molecule has 1 N–H and O–H groups in total. The molecule has 0 saturated carbocycles. The average molecular weight is 498 g/mol. The number of carbonyl (C=O) groups excluding carboxylic acids is 3. The van der Waals surface area contributed by atoms with Crippen molar-refractivity contribution in [2.45, 2.75) is 112 Å². The zero-order valence-electron chi connectivity index (χ0n) is 24.7. The number of Topliss-reactive ketones (excluding diaryl/α,β-unsaturated/α-hetero) is 1. The predicted octanol–water partition coefficient (Wildman–Crippen LogP) is 4.39. The zero-order chi connectivity index (χ0) is 27.5. The van der Waals surface area contributed by atoms with E-state index in [0.717, 1.165) is 25.8 Å². The fraction of sp³-hybridized carbons (Fsp3) is 0.893. The van der Waals surface area contributed by atoms with Gasteiger partial charge in [0.25, 0.3) is 0 Å². The number of nitrogens with one attached hydrogen (secondary N) is 1. The average Bonchev–Trinajstić information content (AvgIpc) is 2.75. The fourth-order valence-corrected chi connectivity index (χ4v) is 5.19. The summed E-state index contributed by atoms with van der Waals surface area (Å²) in [6.07, 6.45) is 2.93. The number of hydrogen-bond donors (Lipinski definition) is 1. The molecule has 0 saturated heterocycles. The van der Waals surface area contributed by atoms with Crippen LogP contribution < -0.4 is 5.32 Å². The summed E-state index contributed by atoms with van der Waals surface area (Å²) >= 11 is 0. The van der Waals surface area contributed by atoms with Crippen molar-refractivity contribution >= 4 is 17.6 Å². The Morgan fingerprint density at radius 1 is 0.943 bits per heavy atom. The van der Waals surface area contributed by atoms with Crippen LogP contribution in [0.3, 0.4) is 0 Å². The number of amides is 2. The van der Waals surface area contributed by atoms with E-state index in [0.29, 0.717) is 5.92 Å². The lowest BCUT2D eigenvalue weighted by Crippen LogP contribution is -2.59. The second-order valence-electron chi connectivity index (χ2n) is 11.3. The van der Waals surface area contributed by atoms with E-state index in [1.807, 2.05) is 34.7 Å². The van der Waals surface area contributed by atoms with Crippen molar-refractivity contribution in [2.24, 2.45) is 23.7 Å². The van der Waals surface area contributed by atoms with Gasteiger partial charge in [-0.15, -0.1) is 0 Å². The summed E-state index contributed by atoms with van der Waals surface area (Å²) in [4.78, 5) is 43.0. The van der Waals surface area contributed by atoms with Crippen LogP contribution in [0.1, 0.15) is 88.0 Å². The van der Waals surface area contributed by atoms with Crippen LogP contribution in [0.5, 0.6) is 0 Å². The normalized spacial score (nSPS) is 17.1. The minimum absolute atomic E-state index is 0.0276. The van der Waals surface area contributed by atoms with E-state index in [4.69, 9.17) is 4.74 Å². The van der Waals surface area contributed by atoms with E-state index in [1.54, 1.807) is 26.0 Å². The minimum Gasteiger partial charge on any atom is -0.379 e. The van der Waals surface area contributed by atoms with Crippen molar-refractivity contribution in [3.05, 3.63) is 0 Å². The Morgan fingerprint density at radius 2 is 1.51 bits per heavy atom. The van der Waals surface area contributed by atoms with Crippen LogP contribution in [0.25, 0.3) is 0 Å². The number of ketones is 1. The molecule has 1 unspecified atom stereocenters. The van der Waals surface area contributed by atoms with Gasteiger partial charge in [-0.2, -0.15) is 0 Å². The molecule has 35 heavy (non-hydrogen) atoms. The van der Waals surface area contributed by atoms with Gasteiger partial charge in [-0.25, -0.2) is 0 Å². The molecule has 0 bridgehead atoms. The highest BCUT2D eigenvalue weighted by molar-refractivity contribution is 5.90. The molecule has 206 valence electrons. The maximum atomic E-state index is 13.8. The third-order valence-electron chi connectivity index (χ3n) is 7.18. The van der Waals surface area contributed by atoms with Crippen LogP contribution in [-0.4, -0.2) is 79.4 Å². The van der Waals surface area contributed by atoms with Crippen molar-refractivity contribution in [1.82, 2.24) is 15.1 Å². The molecular weight excluding hydrogens is 442 g/mol. The SMILES string of the molecule is CCCC(C)CN(C)[C@H](C(=O)N[C@H](C(=O)N(C)[C@@H]([C@@H](C)CC)[C@@H](CC(C)=O)OC)C(C)C)C(C)C. The van der Waals surface area contributed by atoms with Gasteiger partial charge >= 0.3 is 0 Å².